The number of hydrogen-bond acceptors (Lipinski definition) is 6. The van der Waals surface area contributed by atoms with Gasteiger partial charge in [0.1, 0.15) is 15.9 Å². The van der Waals surface area contributed by atoms with Crippen molar-refractivity contribution < 1.29 is 0 Å². The molecule has 0 atom stereocenters. The average molecular weight is 340 g/mol. The Morgan fingerprint density at radius 1 is 1.42 bits per heavy atom. The van der Waals surface area contributed by atoms with Gasteiger partial charge in [-0.25, -0.2) is 9.97 Å². The summed E-state index contributed by atoms with van der Waals surface area (Å²) in [6, 6.07) is 5.69. The number of anilines is 2. The molecule has 2 aromatic rings. The first-order valence-corrected chi connectivity index (χ1v) is 7.46. The van der Waals surface area contributed by atoms with E-state index in [0.29, 0.717) is 0 Å². The molecular weight excluding hydrogens is 326 g/mol. The van der Waals surface area contributed by atoms with Crippen LogP contribution in [0.4, 0.5) is 11.8 Å². The van der Waals surface area contributed by atoms with Crippen molar-refractivity contribution in [2.75, 3.05) is 17.6 Å². The van der Waals surface area contributed by atoms with Gasteiger partial charge in [-0.1, -0.05) is 6.92 Å². The fourth-order valence-electron chi connectivity index (χ4n) is 1.38. The molecule has 0 aliphatic rings. The molecule has 0 saturated heterocycles. The van der Waals surface area contributed by atoms with Gasteiger partial charge in [-0.2, -0.15) is 4.98 Å². The molecule has 0 saturated carbocycles. The Morgan fingerprint density at radius 3 is 3.00 bits per heavy atom. The lowest BCUT2D eigenvalue weighted by molar-refractivity contribution is 0.956. The Kier molecular flexibility index (Phi) is 4.98. The van der Waals surface area contributed by atoms with Crippen LogP contribution in [0.2, 0.25) is 0 Å². The fraction of sp³-hybridized carbons (Fsp3) is 0.250. The second kappa shape index (κ2) is 6.72. The van der Waals surface area contributed by atoms with Crippen molar-refractivity contribution in [2.45, 2.75) is 23.4 Å². The molecule has 2 heterocycles. The molecule has 0 radical (unpaired) electrons. The van der Waals surface area contributed by atoms with Crippen LogP contribution in [0.25, 0.3) is 0 Å². The minimum atomic E-state index is 0.260. The van der Waals surface area contributed by atoms with E-state index in [1.807, 2.05) is 18.2 Å². The molecule has 0 aliphatic heterocycles. The topological polar surface area (TPSA) is 76.7 Å². The summed E-state index contributed by atoms with van der Waals surface area (Å²) >= 11 is 4.91. The van der Waals surface area contributed by atoms with Crippen molar-refractivity contribution in [3.8, 4) is 0 Å². The summed E-state index contributed by atoms with van der Waals surface area (Å²) in [6.07, 6.45) is 2.77. The minimum Gasteiger partial charge on any atom is -0.370 e. The number of nitrogens with zero attached hydrogens (tertiary/aromatic N) is 3. The lowest BCUT2D eigenvalue weighted by Crippen LogP contribution is -2.05. The summed E-state index contributed by atoms with van der Waals surface area (Å²) in [5, 5.41) is 4.82. The van der Waals surface area contributed by atoms with Crippen molar-refractivity contribution >= 4 is 39.5 Å². The molecule has 7 heteroatoms. The molecule has 100 valence electrons. The van der Waals surface area contributed by atoms with E-state index in [-0.39, 0.29) is 5.95 Å². The van der Waals surface area contributed by atoms with E-state index in [4.69, 9.17) is 5.73 Å². The summed E-state index contributed by atoms with van der Waals surface area (Å²) in [7, 11) is 0. The molecule has 5 nitrogen and oxygen atoms in total. The SMILES string of the molecule is CCCNc1cc(Sc2ncccc2Br)nc(N)n1. The van der Waals surface area contributed by atoms with Crippen molar-refractivity contribution in [3.63, 3.8) is 0 Å². The van der Waals surface area contributed by atoms with Gasteiger partial charge in [0.2, 0.25) is 5.95 Å². The van der Waals surface area contributed by atoms with Crippen LogP contribution in [0.15, 0.2) is 38.9 Å². The van der Waals surface area contributed by atoms with E-state index in [2.05, 4.69) is 43.1 Å². The zero-order valence-corrected chi connectivity index (χ0v) is 12.8. The highest BCUT2D eigenvalue weighted by atomic mass is 79.9. The van der Waals surface area contributed by atoms with Crippen molar-refractivity contribution in [1.82, 2.24) is 15.0 Å². The molecule has 0 amide bonds. The van der Waals surface area contributed by atoms with E-state index in [1.165, 1.54) is 11.8 Å². The molecule has 0 bridgehead atoms. The molecule has 0 fully saturated rings. The van der Waals surface area contributed by atoms with Gasteiger partial charge in [0, 0.05) is 18.8 Å². The summed E-state index contributed by atoms with van der Waals surface area (Å²) in [6.45, 7) is 2.95. The summed E-state index contributed by atoms with van der Waals surface area (Å²) in [5.74, 6) is 1.000. The van der Waals surface area contributed by atoms with Gasteiger partial charge < -0.3 is 11.1 Å². The predicted molar refractivity (Wildman–Crippen MR) is 81.3 cm³/mol. The maximum atomic E-state index is 5.72. The third-order valence-corrected chi connectivity index (χ3v) is 4.04. The Hall–Kier alpha value is -1.34. The molecule has 2 aromatic heterocycles. The van der Waals surface area contributed by atoms with Gasteiger partial charge in [0.15, 0.2) is 0 Å². The number of hydrogen-bond donors (Lipinski definition) is 2. The molecule has 0 unspecified atom stereocenters. The maximum Gasteiger partial charge on any atom is 0.223 e. The Bertz CT molecular complexity index is 564. The van der Waals surface area contributed by atoms with Crippen LogP contribution in [0.3, 0.4) is 0 Å². The number of pyridine rings is 1. The van der Waals surface area contributed by atoms with Crippen LogP contribution in [0.1, 0.15) is 13.3 Å². The minimum absolute atomic E-state index is 0.260. The van der Waals surface area contributed by atoms with Crippen LogP contribution in [-0.4, -0.2) is 21.5 Å². The zero-order chi connectivity index (χ0) is 13.7. The quantitative estimate of drug-likeness (QED) is 0.814. The molecule has 0 aromatic carbocycles. The van der Waals surface area contributed by atoms with Gasteiger partial charge in [0.05, 0.1) is 4.47 Å². The lowest BCUT2D eigenvalue weighted by atomic mass is 10.4. The number of halogens is 1. The highest BCUT2D eigenvalue weighted by molar-refractivity contribution is 9.10. The number of rotatable bonds is 5. The Labute approximate surface area is 124 Å². The molecule has 0 spiro atoms. The molecule has 2 rings (SSSR count). The van der Waals surface area contributed by atoms with Gasteiger partial charge >= 0.3 is 0 Å². The van der Waals surface area contributed by atoms with Crippen LogP contribution >= 0.6 is 27.7 Å². The van der Waals surface area contributed by atoms with Crippen molar-refractivity contribution in [3.05, 3.63) is 28.9 Å². The molecule has 19 heavy (non-hydrogen) atoms. The average Bonchev–Trinajstić information content (AvgIpc) is 2.38. The van der Waals surface area contributed by atoms with Crippen LogP contribution in [-0.2, 0) is 0 Å². The monoisotopic (exact) mass is 339 g/mol. The summed E-state index contributed by atoms with van der Waals surface area (Å²) < 4.78 is 0.931. The van der Waals surface area contributed by atoms with E-state index < -0.39 is 0 Å². The highest BCUT2D eigenvalue weighted by Crippen LogP contribution is 2.31. The number of nitrogens with one attached hydrogen (secondary N) is 1. The predicted octanol–water partition coefficient (Wildman–Crippen LogP) is 3.19. The first kappa shape index (κ1) is 14.1. The largest absolute Gasteiger partial charge is 0.370 e. The van der Waals surface area contributed by atoms with E-state index in [9.17, 15) is 0 Å². The maximum absolute atomic E-state index is 5.72. The van der Waals surface area contributed by atoms with E-state index >= 15 is 0 Å². The normalized spacial score (nSPS) is 10.4. The third kappa shape index (κ3) is 4.07. The van der Waals surface area contributed by atoms with Gasteiger partial charge in [-0.05, 0) is 46.2 Å². The molecule has 0 aliphatic carbocycles. The summed E-state index contributed by atoms with van der Waals surface area (Å²) in [4.78, 5) is 12.6. The van der Waals surface area contributed by atoms with Crippen molar-refractivity contribution in [1.29, 1.82) is 0 Å². The molecule has 3 N–H and O–H groups in total. The smallest absolute Gasteiger partial charge is 0.223 e. The van der Waals surface area contributed by atoms with E-state index in [0.717, 1.165) is 33.3 Å². The van der Waals surface area contributed by atoms with Gasteiger partial charge in [-0.3, -0.25) is 0 Å². The number of nitrogens with two attached hydrogens (primary N) is 1. The van der Waals surface area contributed by atoms with Gasteiger partial charge in [-0.15, -0.1) is 0 Å². The second-order valence-electron chi connectivity index (χ2n) is 3.77. The standard InChI is InChI=1S/C12H14BrN5S/c1-2-5-15-9-7-10(18-12(14)17-9)19-11-8(13)4-3-6-16-11/h3-4,6-7H,2,5H2,1H3,(H3,14,15,17,18). The van der Waals surface area contributed by atoms with Crippen LogP contribution < -0.4 is 11.1 Å². The Morgan fingerprint density at radius 2 is 2.26 bits per heavy atom. The molecular formula is C12H14BrN5S. The fourth-order valence-corrected chi connectivity index (χ4v) is 2.67. The van der Waals surface area contributed by atoms with Crippen molar-refractivity contribution in [2.24, 2.45) is 0 Å². The number of aromatic nitrogens is 3. The summed E-state index contributed by atoms with van der Waals surface area (Å²) in [5.41, 5.74) is 5.72. The second-order valence-corrected chi connectivity index (χ2v) is 5.63. The third-order valence-electron chi connectivity index (χ3n) is 2.20. The highest BCUT2D eigenvalue weighted by Gasteiger charge is 2.07. The lowest BCUT2D eigenvalue weighted by Gasteiger charge is -2.07. The number of nitrogen functional groups attached to an aromatic ring is 1. The van der Waals surface area contributed by atoms with E-state index in [1.54, 1.807) is 6.20 Å². The first-order chi connectivity index (χ1) is 9.19. The first-order valence-electron chi connectivity index (χ1n) is 5.86. The van der Waals surface area contributed by atoms with Crippen LogP contribution in [0, 0.1) is 0 Å². The Balaban J connectivity index is 2.20. The zero-order valence-electron chi connectivity index (χ0n) is 10.4. The van der Waals surface area contributed by atoms with Crippen LogP contribution in [0.5, 0.6) is 0 Å². The van der Waals surface area contributed by atoms with Gasteiger partial charge in [0.25, 0.3) is 0 Å².